The van der Waals surface area contributed by atoms with Crippen molar-refractivity contribution in [1.82, 2.24) is 19.6 Å². The Hall–Kier alpha value is -2.88. The molecule has 4 heterocycles. The Morgan fingerprint density at radius 3 is 3.00 bits per heavy atom. The van der Waals surface area contributed by atoms with E-state index in [2.05, 4.69) is 39.1 Å². The Kier molecular flexibility index (Phi) is 4.58. The topological polar surface area (TPSA) is 101 Å². The Morgan fingerprint density at radius 2 is 2.21 bits per heavy atom. The normalized spacial score (nSPS) is 16.3. The van der Waals surface area contributed by atoms with Crippen LogP contribution in [0.25, 0.3) is 5.65 Å². The van der Waals surface area contributed by atoms with Gasteiger partial charge in [0.25, 0.3) is 5.91 Å². The number of rotatable bonds is 3. The average molecular weight is 401 g/mol. The molecule has 3 aromatic rings. The van der Waals surface area contributed by atoms with Crippen LogP contribution in [0, 0.1) is 5.82 Å². The molecular weight excluding hydrogens is 381 g/mol. The molecule has 1 saturated heterocycles. The largest absolute Gasteiger partial charge is 0.381 e. The van der Waals surface area contributed by atoms with Crippen molar-refractivity contribution in [3.63, 3.8) is 0 Å². The van der Waals surface area contributed by atoms with Crippen molar-refractivity contribution >= 4 is 40.5 Å². The second-order valence-corrected chi connectivity index (χ2v) is 8.98. The number of hydrogen-bond acceptors (Lipinski definition) is 7. The Balaban J connectivity index is 1.65. The predicted molar refractivity (Wildman–Crippen MR) is 108 cm³/mol. The minimum absolute atomic E-state index is 0.0171. The number of fused-ring (bicyclic) bond motifs is 1. The molecule has 0 spiro atoms. The summed E-state index contributed by atoms with van der Waals surface area (Å²) in [6, 6.07) is 1.88. The van der Waals surface area contributed by atoms with Gasteiger partial charge in [-0.25, -0.2) is 13.9 Å². The van der Waals surface area contributed by atoms with Crippen molar-refractivity contribution in [1.29, 1.82) is 0 Å². The molecule has 0 saturated carbocycles. The monoisotopic (exact) mass is 401 g/mol. The van der Waals surface area contributed by atoms with E-state index >= 15 is 0 Å². The maximum atomic E-state index is 13.4. The fourth-order valence-electron chi connectivity index (χ4n) is 3.31. The summed E-state index contributed by atoms with van der Waals surface area (Å²) in [6.07, 6.45) is 5.46. The zero-order chi connectivity index (χ0) is 19.9. The first-order chi connectivity index (χ1) is 13.3. The molecule has 1 aliphatic heterocycles. The summed E-state index contributed by atoms with van der Waals surface area (Å²) in [4.78, 5) is 23.3. The summed E-state index contributed by atoms with van der Waals surface area (Å²) >= 11 is 1.93. The molecule has 0 bridgehead atoms. The number of amides is 1. The molecule has 1 aliphatic rings. The number of carbonyl (C=O) groups is 1. The third kappa shape index (κ3) is 3.47. The fraction of sp³-hybridized carbons (Fsp3) is 0.333. The van der Waals surface area contributed by atoms with Gasteiger partial charge in [-0.3, -0.25) is 9.78 Å². The van der Waals surface area contributed by atoms with Gasteiger partial charge in [0.1, 0.15) is 5.56 Å². The number of aromatic nitrogens is 4. The van der Waals surface area contributed by atoms with E-state index in [-0.39, 0.29) is 21.8 Å². The van der Waals surface area contributed by atoms with E-state index in [1.54, 1.807) is 12.4 Å². The van der Waals surface area contributed by atoms with Crippen LogP contribution < -0.4 is 16.0 Å². The van der Waals surface area contributed by atoms with Crippen molar-refractivity contribution in [3.05, 3.63) is 42.2 Å². The maximum absolute atomic E-state index is 13.4. The molecule has 4 rings (SSSR count). The second kappa shape index (κ2) is 6.93. The summed E-state index contributed by atoms with van der Waals surface area (Å²) in [6.45, 7) is 6.13. The van der Waals surface area contributed by atoms with Crippen LogP contribution in [-0.4, -0.2) is 49.1 Å². The van der Waals surface area contributed by atoms with Crippen LogP contribution in [0.4, 0.5) is 21.6 Å². The molecule has 1 amide bonds. The number of nitrogen functional groups attached to an aromatic ring is 1. The van der Waals surface area contributed by atoms with Gasteiger partial charge in [-0.15, -0.1) is 5.10 Å². The van der Waals surface area contributed by atoms with Crippen LogP contribution in [0.2, 0.25) is 0 Å². The number of pyridine rings is 1. The highest BCUT2D eigenvalue weighted by atomic mass is 32.2. The molecule has 28 heavy (non-hydrogen) atoms. The van der Waals surface area contributed by atoms with Crippen LogP contribution in [0.1, 0.15) is 24.2 Å². The lowest BCUT2D eigenvalue weighted by Crippen LogP contribution is -2.43. The van der Waals surface area contributed by atoms with E-state index in [1.807, 2.05) is 17.8 Å². The van der Waals surface area contributed by atoms with Gasteiger partial charge in [0.15, 0.2) is 17.3 Å². The van der Waals surface area contributed by atoms with E-state index in [0.717, 1.165) is 41.4 Å². The number of thioether (sulfide) groups is 1. The van der Waals surface area contributed by atoms with Gasteiger partial charge < -0.3 is 16.0 Å². The van der Waals surface area contributed by atoms with E-state index in [0.29, 0.717) is 5.69 Å². The molecule has 146 valence electrons. The molecule has 0 unspecified atom stereocenters. The van der Waals surface area contributed by atoms with Crippen molar-refractivity contribution in [2.75, 3.05) is 34.8 Å². The molecule has 1 fully saturated rings. The number of anilines is 3. The van der Waals surface area contributed by atoms with Crippen LogP contribution >= 0.6 is 11.8 Å². The Labute approximate surface area is 165 Å². The van der Waals surface area contributed by atoms with Gasteiger partial charge in [0.2, 0.25) is 0 Å². The Morgan fingerprint density at radius 1 is 1.39 bits per heavy atom. The number of hydrogen-bond donors (Lipinski definition) is 2. The molecule has 3 N–H and O–H groups in total. The molecular formula is C18H20FN7OS. The summed E-state index contributed by atoms with van der Waals surface area (Å²) < 4.78 is 14.6. The molecule has 0 radical (unpaired) electrons. The number of nitrogens with one attached hydrogen (secondary N) is 1. The standard InChI is InChI=1S/C18H20FN7OS/c1-18(2)10-25(5-6-28-18)13-3-4-21-8-12(13)23-17(27)14-15(20)24-26-9-11(19)7-22-16(14)26/h3-4,7-9H,5-6,10H2,1-2H3,(H2,20,24)(H,23,27). The highest BCUT2D eigenvalue weighted by Crippen LogP contribution is 2.35. The lowest BCUT2D eigenvalue weighted by atomic mass is 10.1. The van der Waals surface area contributed by atoms with E-state index in [4.69, 9.17) is 5.73 Å². The van der Waals surface area contributed by atoms with Crippen molar-refractivity contribution in [3.8, 4) is 0 Å². The molecule has 3 aromatic heterocycles. The van der Waals surface area contributed by atoms with Crippen LogP contribution in [0.3, 0.4) is 0 Å². The zero-order valence-electron chi connectivity index (χ0n) is 15.5. The van der Waals surface area contributed by atoms with E-state index < -0.39 is 11.7 Å². The quantitative estimate of drug-likeness (QED) is 0.695. The lowest BCUT2D eigenvalue weighted by molar-refractivity contribution is 0.102. The first-order valence-corrected chi connectivity index (χ1v) is 9.76. The Bertz CT molecular complexity index is 1050. The lowest BCUT2D eigenvalue weighted by Gasteiger charge is -2.39. The van der Waals surface area contributed by atoms with Gasteiger partial charge in [0.05, 0.1) is 30.0 Å². The summed E-state index contributed by atoms with van der Waals surface area (Å²) in [5, 5.41) is 6.84. The van der Waals surface area contributed by atoms with Crippen molar-refractivity contribution < 1.29 is 9.18 Å². The minimum Gasteiger partial charge on any atom is -0.381 e. The fourth-order valence-corrected chi connectivity index (χ4v) is 4.42. The summed E-state index contributed by atoms with van der Waals surface area (Å²) in [5.74, 6) is -0.0516. The molecule has 10 heteroatoms. The van der Waals surface area contributed by atoms with Gasteiger partial charge in [0, 0.05) is 29.8 Å². The van der Waals surface area contributed by atoms with E-state index in [1.165, 1.54) is 0 Å². The van der Waals surface area contributed by atoms with Gasteiger partial charge >= 0.3 is 0 Å². The maximum Gasteiger partial charge on any atom is 0.263 e. The second-order valence-electron chi connectivity index (χ2n) is 7.18. The molecule has 0 atom stereocenters. The SMILES string of the molecule is CC1(C)CN(c2ccncc2NC(=O)c2c(N)nn3cc(F)cnc23)CCS1. The first kappa shape index (κ1) is 18.5. The molecule has 0 aromatic carbocycles. The van der Waals surface area contributed by atoms with Gasteiger partial charge in [-0.05, 0) is 19.9 Å². The number of nitrogens with zero attached hydrogens (tertiary/aromatic N) is 5. The predicted octanol–water partition coefficient (Wildman–Crippen LogP) is 2.43. The summed E-state index contributed by atoms with van der Waals surface area (Å²) in [7, 11) is 0. The number of carbonyl (C=O) groups excluding carboxylic acids is 1. The smallest absolute Gasteiger partial charge is 0.263 e. The number of halogens is 1. The third-order valence-electron chi connectivity index (χ3n) is 4.51. The highest BCUT2D eigenvalue weighted by Gasteiger charge is 2.29. The summed E-state index contributed by atoms with van der Waals surface area (Å²) in [5.41, 5.74) is 7.66. The third-order valence-corrected chi connectivity index (χ3v) is 5.80. The van der Waals surface area contributed by atoms with Gasteiger partial charge in [-0.1, -0.05) is 0 Å². The van der Waals surface area contributed by atoms with Gasteiger partial charge in [-0.2, -0.15) is 11.8 Å². The number of nitrogens with two attached hydrogens (primary N) is 1. The molecule has 8 nitrogen and oxygen atoms in total. The van der Waals surface area contributed by atoms with E-state index in [9.17, 15) is 9.18 Å². The van der Waals surface area contributed by atoms with Crippen molar-refractivity contribution in [2.24, 2.45) is 0 Å². The van der Waals surface area contributed by atoms with Crippen molar-refractivity contribution in [2.45, 2.75) is 18.6 Å². The first-order valence-electron chi connectivity index (χ1n) is 8.78. The highest BCUT2D eigenvalue weighted by molar-refractivity contribution is 8.00. The van der Waals surface area contributed by atoms with Crippen LogP contribution in [0.5, 0.6) is 0 Å². The van der Waals surface area contributed by atoms with Crippen LogP contribution in [-0.2, 0) is 0 Å². The zero-order valence-corrected chi connectivity index (χ0v) is 16.3. The van der Waals surface area contributed by atoms with Crippen LogP contribution in [0.15, 0.2) is 30.9 Å². The minimum atomic E-state index is -0.568. The average Bonchev–Trinajstić information content (AvgIpc) is 2.96. The molecule has 0 aliphatic carbocycles.